The Kier molecular flexibility index (Phi) is 5.91. The van der Waals surface area contributed by atoms with E-state index in [1.807, 2.05) is 0 Å². The first-order chi connectivity index (χ1) is 11.7. The van der Waals surface area contributed by atoms with E-state index >= 15 is 0 Å². The van der Waals surface area contributed by atoms with E-state index in [0.717, 1.165) is 5.56 Å². The van der Waals surface area contributed by atoms with Gasteiger partial charge in [-0.2, -0.15) is 4.72 Å². The molecule has 136 valence electrons. The SMILES string of the molecule is Cc1noc(C)c1S(=O)(=O)N[C@@H](C)C(=O)NCCc1ccc(F)cc1. The molecule has 0 fully saturated rings. The first-order valence-electron chi connectivity index (χ1n) is 7.68. The molecule has 2 rings (SSSR count). The van der Waals surface area contributed by atoms with Crippen molar-refractivity contribution in [3.8, 4) is 0 Å². The molecule has 0 saturated carbocycles. The van der Waals surface area contributed by atoms with Gasteiger partial charge in [0.15, 0.2) is 5.76 Å². The Morgan fingerprint density at radius 2 is 1.92 bits per heavy atom. The molecule has 0 aliphatic rings. The summed E-state index contributed by atoms with van der Waals surface area (Å²) in [4.78, 5) is 12.0. The van der Waals surface area contributed by atoms with Crippen molar-refractivity contribution in [2.45, 2.75) is 38.1 Å². The zero-order valence-electron chi connectivity index (χ0n) is 14.2. The van der Waals surface area contributed by atoms with Gasteiger partial charge in [-0.1, -0.05) is 17.3 Å². The molecule has 0 spiro atoms. The molecule has 0 unspecified atom stereocenters. The number of carbonyl (C=O) groups is 1. The molecule has 7 nitrogen and oxygen atoms in total. The van der Waals surface area contributed by atoms with E-state index in [1.165, 1.54) is 32.9 Å². The van der Waals surface area contributed by atoms with Gasteiger partial charge >= 0.3 is 0 Å². The van der Waals surface area contributed by atoms with Gasteiger partial charge in [0, 0.05) is 6.54 Å². The number of rotatable bonds is 7. The molecule has 0 aliphatic carbocycles. The van der Waals surface area contributed by atoms with Crippen LogP contribution in [0.25, 0.3) is 0 Å². The Morgan fingerprint density at radius 3 is 2.48 bits per heavy atom. The van der Waals surface area contributed by atoms with Crippen molar-refractivity contribution in [3.05, 3.63) is 47.1 Å². The van der Waals surface area contributed by atoms with Crippen LogP contribution in [0, 0.1) is 19.7 Å². The van der Waals surface area contributed by atoms with E-state index in [1.54, 1.807) is 12.1 Å². The van der Waals surface area contributed by atoms with Gasteiger partial charge in [0.2, 0.25) is 15.9 Å². The van der Waals surface area contributed by atoms with Gasteiger partial charge in [-0.15, -0.1) is 0 Å². The molecular formula is C16H20FN3O4S. The molecule has 0 radical (unpaired) electrons. The fourth-order valence-corrected chi connectivity index (χ4v) is 3.87. The molecule has 0 saturated heterocycles. The average molecular weight is 369 g/mol. The van der Waals surface area contributed by atoms with Crippen molar-refractivity contribution in [2.75, 3.05) is 6.54 Å². The molecule has 1 amide bonds. The van der Waals surface area contributed by atoms with Gasteiger partial charge in [0.1, 0.15) is 16.4 Å². The number of aromatic nitrogens is 1. The average Bonchev–Trinajstić information content (AvgIpc) is 2.88. The molecule has 1 aromatic carbocycles. The highest BCUT2D eigenvalue weighted by Gasteiger charge is 2.27. The monoisotopic (exact) mass is 369 g/mol. The van der Waals surface area contributed by atoms with Gasteiger partial charge in [-0.25, -0.2) is 12.8 Å². The predicted molar refractivity (Wildman–Crippen MR) is 88.9 cm³/mol. The molecule has 2 aromatic rings. The lowest BCUT2D eigenvalue weighted by Gasteiger charge is -2.14. The lowest BCUT2D eigenvalue weighted by molar-refractivity contribution is -0.122. The van der Waals surface area contributed by atoms with Crippen LogP contribution in [0.3, 0.4) is 0 Å². The molecule has 2 N–H and O–H groups in total. The van der Waals surface area contributed by atoms with Crippen LogP contribution in [-0.2, 0) is 21.2 Å². The van der Waals surface area contributed by atoms with E-state index in [0.29, 0.717) is 13.0 Å². The maximum Gasteiger partial charge on any atom is 0.246 e. The standard InChI is InChI=1S/C16H20FN3O4S/c1-10-15(12(3)24-19-10)25(22,23)20-11(2)16(21)18-9-8-13-4-6-14(17)7-5-13/h4-7,11,20H,8-9H2,1-3H3,(H,18,21)/t11-/m0/s1. The Bertz CT molecular complexity index is 827. The van der Waals surface area contributed by atoms with Crippen molar-refractivity contribution >= 4 is 15.9 Å². The number of hydrogen-bond donors (Lipinski definition) is 2. The van der Waals surface area contributed by atoms with E-state index in [2.05, 4.69) is 15.2 Å². The number of sulfonamides is 1. The van der Waals surface area contributed by atoms with Crippen molar-refractivity contribution < 1.29 is 22.1 Å². The minimum absolute atomic E-state index is 0.0570. The number of carbonyl (C=O) groups excluding carboxylic acids is 1. The van der Waals surface area contributed by atoms with Crippen LogP contribution in [0.15, 0.2) is 33.7 Å². The normalized spacial score (nSPS) is 12.8. The molecule has 0 aliphatic heterocycles. The van der Waals surface area contributed by atoms with Crippen molar-refractivity contribution in [1.29, 1.82) is 0 Å². The van der Waals surface area contributed by atoms with Crippen LogP contribution < -0.4 is 10.0 Å². The summed E-state index contributed by atoms with van der Waals surface area (Å²) in [6, 6.07) is 4.98. The zero-order chi connectivity index (χ0) is 18.6. The minimum atomic E-state index is -3.91. The second-order valence-corrected chi connectivity index (χ2v) is 7.31. The smallest absolute Gasteiger partial charge is 0.246 e. The fourth-order valence-electron chi connectivity index (χ4n) is 2.34. The van der Waals surface area contributed by atoms with Crippen LogP contribution in [0.2, 0.25) is 0 Å². The molecular weight excluding hydrogens is 349 g/mol. The van der Waals surface area contributed by atoms with Gasteiger partial charge in [-0.05, 0) is 44.9 Å². The Hall–Kier alpha value is -2.26. The van der Waals surface area contributed by atoms with Gasteiger partial charge in [0.25, 0.3) is 0 Å². The number of nitrogens with zero attached hydrogens (tertiary/aromatic N) is 1. The number of aryl methyl sites for hydroxylation is 2. The summed E-state index contributed by atoms with van der Waals surface area (Å²) in [6.07, 6.45) is 0.509. The maximum absolute atomic E-state index is 12.8. The lowest BCUT2D eigenvalue weighted by atomic mass is 10.1. The van der Waals surface area contributed by atoms with Crippen molar-refractivity contribution in [2.24, 2.45) is 0 Å². The first-order valence-corrected chi connectivity index (χ1v) is 9.16. The number of halogens is 1. The fraction of sp³-hybridized carbons (Fsp3) is 0.375. The third-order valence-corrected chi connectivity index (χ3v) is 5.37. The highest BCUT2D eigenvalue weighted by atomic mass is 32.2. The third-order valence-electron chi connectivity index (χ3n) is 3.59. The van der Waals surface area contributed by atoms with Crippen molar-refractivity contribution in [1.82, 2.24) is 15.2 Å². The van der Waals surface area contributed by atoms with E-state index in [-0.39, 0.29) is 22.2 Å². The molecule has 1 heterocycles. The van der Waals surface area contributed by atoms with Crippen LogP contribution in [0.4, 0.5) is 4.39 Å². The van der Waals surface area contributed by atoms with E-state index < -0.39 is 22.0 Å². The topological polar surface area (TPSA) is 101 Å². The Balaban J connectivity index is 1.90. The van der Waals surface area contributed by atoms with Gasteiger partial charge in [0.05, 0.1) is 6.04 Å². The molecule has 1 atom stereocenters. The summed E-state index contributed by atoms with van der Waals surface area (Å²) in [7, 11) is -3.91. The first kappa shape index (κ1) is 19.1. The van der Waals surface area contributed by atoms with Crippen LogP contribution in [0.5, 0.6) is 0 Å². The lowest BCUT2D eigenvalue weighted by Crippen LogP contribution is -2.45. The predicted octanol–water partition coefficient (Wildman–Crippen LogP) is 1.46. The van der Waals surface area contributed by atoms with Crippen LogP contribution in [-0.4, -0.2) is 32.1 Å². The Labute approximate surface area is 145 Å². The van der Waals surface area contributed by atoms with Crippen LogP contribution in [0.1, 0.15) is 23.9 Å². The zero-order valence-corrected chi connectivity index (χ0v) is 15.0. The molecule has 25 heavy (non-hydrogen) atoms. The van der Waals surface area contributed by atoms with E-state index in [4.69, 9.17) is 4.52 Å². The number of hydrogen-bond acceptors (Lipinski definition) is 5. The highest BCUT2D eigenvalue weighted by Crippen LogP contribution is 2.18. The largest absolute Gasteiger partial charge is 0.360 e. The molecule has 9 heteroatoms. The van der Waals surface area contributed by atoms with Crippen LogP contribution >= 0.6 is 0 Å². The summed E-state index contributed by atoms with van der Waals surface area (Å²) < 4.78 is 44.7. The summed E-state index contributed by atoms with van der Waals surface area (Å²) in [5, 5.41) is 6.25. The summed E-state index contributed by atoms with van der Waals surface area (Å²) in [5.41, 5.74) is 1.10. The highest BCUT2D eigenvalue weighted by molar-refractivity contribution is 7.89. The number of nitrogens with one attached hydrogen (secondary N) is 2. The second kappa shape index (κ2) is 7.75. The van der Waals surface area contributed by atoms with Crippen molar-refractivity contribution in [3.63, 3.8) is 0 Å². The molecule has 0 bridgehead atoms. The molecule has 1 aromatic heterocycles. The minimum Gasteiger partial charge on any atom is -0.360 e. The van der Waals surface area contributed by atoms with Gasteiger partial charge in [-0.3, -0.25) is 4.79 Å². The number of amides is 1. The maximum atomic E-state index is 12.8. The van der Waals surface area contributed by atoms with Gasteiger partial charge < -0.3 is 9.84 Å². The number of benzene rings is 1. The Morgan fingerprint density at radius 1 is 1.28 bits per heavy atom. The van der Waals surface area contributed by atoms with E-state index in [9.17, 15) is 17.6 Å². The summed E-state index contributed by atoms with van der Waals surface area (Å²) in [6.45, 7) is 4.76. The second-order valence-electron chi connectivity index (χ2n) is 5.66. The third kappa shape index (κ3) is 4.86. The summed E-state index contributed by atoms with van der Waals surface area (Å²) in [5.74, 6) is -0.624. The summed E-state index contributed by atoms with van der Waals surface area (Å²) >= 11 is 0. The quantitative estimate of drug-likeness (QED) is 0.769.